The van der Waals surface area contributed by atoms with Crippen molar-refractivity contribution in [2.45, 2.75) is 55.1 Å². The Kier molecular flexibility index (Phi) is 12.4. The second kappa shape index (κ2) is 13.4. The van der Waals surface area contributed by atoms with Crippen LogP contribution in [0.25, 0.3) is 0 Å². The van der Waals surface area contributed by atoms with E-state index in [0.29, 0.717) is 0 Å². The Bertz CT molecular complexity index is 590. The summed E-state index contributed by atoms with van der Waals surface area (Å²) in [6, 6.07) is 9.87. The molecule has 2 fully saturated rings. The molecule has 169 valence electrons. The molecule has 9 atom stereocenters. The van der Waals surface area contributed by atoms with E-state index >= 15 is 0 Å². The molecule has 0 bridgehead atoms. The van der Waals surface area contributed by atoms with E-state index in [2.05, 4.69) is 6.92 Å². The molecule has 2 heterocycles. The zero-order valence-corrected chi connectivity index (χ0v) is 19.1. The van der Waals surface area contributed by atoms with Crippen LogP contribution >= 0.6 is 0 Å². The van der Waals surface area contributed by atoms with Crippen molar-refractivity contribution in [3.63, 3.8) is 0 Å². The van der Waals surface area contributed by atoms with Gasteiger partial charge in [-0.1, -0.05) is 6.07 Å². The van der Waals surface area contributed by atoms with Crippen LogP contribution < -0.4 is 0 Å². The Hall–Kier alpha value is -0.206. The molecule has 0 aliphatic carbocycles. The Morgan fingerprint density at radius 3 is 1.97 bits per heavy atom. The van der Waals surface area contributed by atoms with E-state index < -0.39 is 68.3 Å². The average Bonchev–Trinajstić information content (AvgIpc) is 2.72. The van der Waals surface area contributed by atoms with Gasteiger partial charge in [-0.3, -0.25) is 0 Å². The van der Waals surface area contributed by atoms with E-state index in [-0.39, 0.29) is 32.7 Å². The molecule has 0 saturated carbocycles. The van der Waals surface area contributed by atoms with Gasteiger partial charge in [0.2, 0.25) is 0 Å². The first-order valence-electron chi connectivity index (χ1n) is 9.09. The molecule has 2 aliphatic rings. The van der Waals surface area contributed by atoms with Gasteiger partial charge in [0.25, 0.3) is 0 Å². The molecular weight excluding hydrogens is 477 g/mol. The molecule has 1 aromatic carbocycles. The van der Waals surface area contributed by atoms with Gasteiger partial charge in [-0.2, -0.15) is 31.2 Å². The van der Waals surface area contributed by atoms with Crippen molar-refractivity contribution in [2.75, 3.05) is 13.2 Å². The molecule has 1 radical (unpaired) electrons. The second-order valence-corrected chi connectivity index (χ2v) is 6.76. The van der Waals surface area contributed by atoms with E-state index in [1.54, 1.807) is 0 Å². The summed E-state index contributed by atoms with van der Waals surface area (Å²) in [6.45, 7) is 3.49. The Labute approximate surface area is 199 Å². The van der Waals surface area contributed by atoms with Gasteiger partial charge in [0.15, 0.2) is 6.29 Å². The smallest absolute Gasteiger partial charge is 0.187 e. The van der Waals surface area contributed by atoms with E-state index in [1.807, 2.05) is 30.3 Å². The Morgan fingerprint density at radius 1 is 0.867 bits per heavy atom. The predicted octanol–water partition coefficient (Wildman–Crippen LogP) is -2.69. The van der Waals surface area contributed by atoms with Gasteiger partial charge < -0.3 is 50.0 Å². The first-order chi connectivity index (χ1) is 13.8. The minimum atomic E-state index is -1.66. The number of aliphatic hydroxyl groups is 7. The maximum absolute atomic E-state index is 9.90. The Morgan fingerprint density at radius 2 is 1.47 bits per heavy atom. The van der Waals surface area contributed by atoms with Crippen LogP contribution in [0.4, 0.5) is 0 Å². The molecule has 1 aromatic rings. The average molecular weight is 505 g/mol. The van der Waals surface area contributed by atoms with Crippen LogP contribution in [0.3, 0.4) is 0 Å². The number of ether oxygens (including phenoxy) is 3. The third-order valence-electron chi connectivity index (χ3n) is 4.61. The van der Waals surface area contributed by atoms with Crippen LogP contribution in [-0.4, -0.2) is 104 Å². The molecule has 3 rings (SSSR count). The number of aliphatic hydroxyl groups excluding tert-OH is 7. The van der Waals surface area contributed by atoms with Crippen molar-refractivity contribution in [3.8, 4) is 0 Å². The van der Waals surface area contributed by atoms with Crippen LogP contribution in [0.5, 0.6) is 0 Å². The van der Waals surface area contributed by atoms with Crippen LogP contribution in [0.15, 0.2) is 30.3 Å². The molecular formula is C19H28O10Y-2. The first kappa shape index (κ1) is 27.8. The summed E-state index contributed by atoms with van der Waals surface area (Å²) in [7, 11) is 0. The van der Waals surface area contributed by atoms with Gasteiger partial charge in [0.1, 0.15) is 30.5 Å². The fourth-order valence-electron chi connectivity index (χ4n) is 2.88. The fraction of sp³-hybridized carbons (Fsp3) is 0.579. The van der Waals surface area contributed by atoms with Gasteiger partial charge >= 0.3 is 0 Å². The standard InChI is InChI=1S/C12H21O10.C7H7.Y/c13-1-5-8(17)9(18)10(19)12(21-5)22-11-6(2-14)20-3-4(15)7(11)16;1-7-5-3-2-4-6-7;/h3-19H,1-2H2;2-6H,1H2;/q2*-1;. The zero-order valence-electron chi connectivity index (χ0n) is 16.2. The Balaban J connectivity index is 0.000000477. The van der Waals surface area contributed by atoms with Crippen molar-refractivity contribution in [1.82, 2.24) is 0 Å². The number of rotatable bonds is 4. The number of benzene rings is 1. The number of hydrogen-bond acceptors (Lipinski definition) is 10. The van der Waals surface area contributed by atoms with E-state index in [4.69, 9.17) is 19.3 Å². The van der Waals surface area contributed by atoms with Gasteiger partial charge in [0, 0.05) is 32.7 Å². The van der Waals surface area contributed by atoms with Crippen molar-refractivity contribution in [2.24, 2.45) is 0 Å². The van der Waals surface area contributed by atoms with Crippen LogP contribution in [-0.2, 0) is 46.9 Å². The summed E-state index contributed by atoms with van der Waals surface area (Å²) in [5.74, 6) is 0. The van der Waals surface area contributed by atoms with Crippen LogP contribution in [0.2, 0.25) is 0 Å². The SMILES string of the molecule is OCC1OC(OC2C(CO)O[CH-]C(O)C2O)C(O)C(O)C1O.[CH2-]c1ccccc1.[Y]. The molecule has 0 amide bonds. The molecule has 9 unspecified atom stereocenters. The maximum Gasteiger partial charge on any atom is 0.187 e. The second-order valence-electron chi connectivity index (χ2n) is 6.76. The largest absolute Gasteiger partial charge is 0.544 e. The molecule has 30 heavy (non-hydrogen) atoms. The van der Waals surface area contributed by atoms with Crippen molar-refractivity contribution < 1.29 is 82.7 Å². The molecule has 11 heteroatoms. The molecule has 0 spiro atoms. The zero-order chi connectivity index (χ0) is 21.6. The van der Waals surface area contributed by atoms with Crippen molar-refractivity contribution in [1.29, 1.82) is 0 Å². The third kappa shape index (κ3) is 7.16. The van der Waals surface area contributed by atoms with E-state index in [9.17, 15) is 30.6 Å². The first-order valence-corrected chi connectivity index (χ1v) is 9.09. The molecule has 7 N–H and O–H groups in total. The maximum atomic E-state index is 9.90. The topological polar surface area (TPSA) is 169 Å². The van der Waals surface area contributed by atoms with Crippen LogP contribution in [0.1, 0.15) is 5.56 Å². The quantitative estimate of drug-likeness (QED) is 0.214. The summed E-state index contributed by atoms with van der Waals surface area (Å²) in [5.41, 5.74) is 1.07. The van der Waals surface area contributed by atoms with Crippen LogP contribution in [0, 0.1) is 13.5 Å². The summed E-state index contributed by atoms with van der Waals surface area (Å²) in [5, 5.41) is 66.9. The van der Waals surface area contributed by atoms with E-state index in [0.717, 1.165) is 12.2 Å². The summed E-state index contributed by atoms with van der Waals surface area (Å²) >= 11 is 0. The third-order valence-corrected chi connectivity index (χ3v) is 4.61. The fourth-order valence-corrected chi connectivity index (χ4v) is 2.88. The number of hydrogen-bond donors (Lipinski definition) is 7. The minimum Gasteiger partial charge on any atom is -0.544 e. The monoisotopic (exact) mass is 505 g/mol. The van der Waals surface area contributed by atoms with Crippen molar-refractivity contribution >= 4 is 0 Å². The van der Waals surface area contributed by atoms with Gasteiger partial charge in [-0.15, -0.1) is 12.1 Å². The van der Waals surface area contributed by atoms with Crippen molar-refractivity contribution in [3.05, 3.63) is 49.4 Å². The van der Waals surface area contributed by atoms with E-state index in [1.165, 1.54) is 0 Å². The normalized spacial score (nSPS) is 38.7. The predicted molar refractivity (Wildman–Crippen MR) is 97.8 cm³/mol. The summed E-state index contributed by atoms with van der Waals surface area (Å²) < 4.78 is 15.4. The van der Waals surface area contributed by atoms with Gasteiger partial charge in [0.05, 0.1) is 25.4 Å². The molecule has 2 aliphatic heterocycles. The van der Waals surface area contributed by atoms with Gasteiger partial charge in [-0.25, -0.2) is 0 Å². The van der Waals surface area contributed by atoms with Gasteiger partial charge in [-0.05, 0) is 6.10 Å². The summed E-state index contributed by atoms with van der Waals surface area (Å²) in [6.07, 6.45) is -12.6. The minimum absolute atomic E-state index is 0. The summed E-state index contributed by atoms with van der Waals surface area (Å²) in [4.78, 5) is 0. The molecule has 10 nitrogen and oxygen atoms in total. The molecule has 0 aromatic heterocycles. The molecule has 2 saturated heterocycles.